The fourth-order valence-corrected chi connectivity index (χ4v) is 2.76. The van der Waals surface area contributed by atoms with E-state index in [0.29, 0.717) is 24.9 Å². The predicted octanol–water partition coefficient (Wildman–Crippen LogP) is 1.45. The van der Waals surface area contributed by atoms with Gasteiger partial charge in [0.1, 0.15) is 18.5 Å². The van der Waals surface area contributed by atoms with E-state index in [2.05, 4.69) is 21.5 Å². The summed E-state index contributed by atoms with van der Waals surface area (Å²) < 4.78 is 16.8. The first-order chi connectivity index (χ1) is 10.4. The van der Waals surface area contributed by atoms with Crippen molar-refractivity contribution < 1.29 is 14.0 Å². The van der Waals surface area contributed by atoms with E-state index in [4.69, 9.17) is 14.0 Å². The molecule has 0 saturated carbocycles. The number of hydrogen-bond acceptors (Lipinski definition) is 6. The summed E-state index contributed by atoms with van der Waals surface area (Å²) in [5.74, 6) is 2.32. The number of fused-ring (bicyclic) bond motifs is 1. The zero-order valence-electron chi connectivity index (χ0n) is 11.6. The van der Waals surface area contributed by atoms with Crippen LogP contribution in [0.2, 0.25) is 0 Å². The van der Waals surface area contributed by atoms with Crippen LogP contribution in [0.3, 0.4) is 0 Å². The summed E-state index contributed by atoms with van der Waals surface area (Å²) in [7, 11) is 0. The van der Waals surface area contributed by atoms with Gasteiger partial charge in [-0.2, -0.15) is 4.98 Å². The van der Waals surface area contributed by atoms with E-state index in [-0.39, 0.29) is 12.0 Å². The Morgan fingerprint density at radius 2 is 2.19 bits per heavy atom. The van der Waals surface area contributed by atoms with Gasteiger partial charge in [0.05, 0.1) is 12.5 Å². The molecule has 1 aromatic carbocycles. The minimum absolute atomic E-state index is 0.109. The van der Waals surface area contributed by atoms with Crippen molar-refractivity contribution in [2.75, 3.05) is 26.3 Å². The highest BCUT2D eigenvalue weighted by atomic mass is 16.5. The third-order valence-electron chi connectivity index (χ3n) is 3.90. The number of para-hydroxylation sites is 1. The van der Waals surface area contributed by atoms with Crippen molar-refractivity contribution in [3.63, 3.8) is 0 Å². The lowest BCUT2D eigenvalue weighted by molar-refractivity contribution is 0.0208. The standard InChI is InChI=1S/C15H17N3O3/c1-2-4-12-10(3-1)7-11(9-20-12)15-17-14(18-21-15)13-8-16-5-6-19-13/h1-4,11,13,16H,5-9H2. The van der Waals surface area contributed by atoms with Crippen molar-refractivity contribution >= 4 is 0 Å². The molecule has 2 aliphatic rings. The Hall–Kier alpha value is -1.92. The van der Waals surface area contributed by atoms with Crippen molar-refractivity contribution in [1.82, 2.24) is 15.5 Å². The molecule has 0 aliphatic carbocycles. The minimum Gasteiger partial charge on any atom is -0.492 e. The molecule has 1 aromatic heterocycles. The van der Waals surface area contributed by atoms with Crippen LogP contribution >= 0.6 is 0 Å². The van der Waals surface area contributed by atoms with Crippen LogP contribution in [0.4, 0.5) is 0 Å². The Labute approximate surface area is 122 Å². The van der Waals surface area contributed by atoms with Crippen LogP contribution in [-0.4, -0.2) is 36.4 Å². The Balaban J connectivity index is 1.51. The first-order valence-corrected chi connectivity index (χ1v) is 7.26. The Kier molecular flexibility index (Phi) is 3.33. The number of rotatable bonds is 2. The summed E-state index contributed by atoms with van der Waals surface area (Å²) in [4.78, 5) is 4.51. The second kappa shape index (κ2) is 5.46. The van der Waals surface area contributed by atoms with Crippen LogP contribution in [0.1, 0.15) is 29.3 Å². The van der Waals surface area contributed by atoms with Gasteiger partial charge in [0.2, 0.25) is 11.7 Å². The van der Waals surface area contributed by atoms with Crippen molar-refractivity contribution in [2.24, 2.45) is 0 Å². The lowest BCUT2D eigenvalue weighted by Gasteiger charge is -2.22. The van der Waals surface area contributed by atoms with Gasteiger partial charge in [-0.1, -0.05) is 23.4 Å². The number of hydrogen-bond donors (Lipinski definition) is 1. The fraction of sp³-hybridized carbons (Fsp3) is 0.467. The summed E-state index contributed by atoms with van der Waals surface area (Å²) in [6.07, 6.45) is 0.745. The van der Waals surface area contributed by atoms with E-state index in [1.807, 2.05) is 18.2 Å². The van der Waals surface area contributed by atoms with Gasteiger partial charge < -0.3 is 19.3 Å². The molecule has 6 nitrogen and oxygen atoms in total. The fourth-order valence-electron chi connectivity index (χ4n) is 2.76. The summed E-state index contributed by atoms with van der Waals surface area (Å²) in [6.45, 7) is 2.84. The number of nitrogens with zero attached hydrogens (tertiary/aromatic N) is 2. The summed E-state index contributed by atoms with van der Waals surface area (Å²) >= 11 is 0. The molecular weight excluding hydrogens is 270 g/mol. The van der Waals surface area contributed by atoms with Gasteiger partial charge in [0.25, 0.3) is 0 Å². The van der Waals surface area contributed by atoms with E-state index < -0.39 is 0 Å². The zero-order valence-corrected chi connectivity index (χ0v) is 11.6. The highest BCUT2D eigenvalue weighted by molar-refractivity contribution is 5.36. The van der Waals surface area contributed by atoms with E-state index in [1.54, 1.807) is 0 Å². The number of aromatic nitrogens is 2. The van der Waals surface area contributed by atoms with Gasteiger partial charge in [-0.25, -0.2) is 0 Å². The van der Waals surface area contributed by atoms with Gasteiger partial charge in [-0.3, -0.25) is 0 Å². The van der Waals surface area contributed by atoms with Crippen LogP contribution < -0.4 is 10.1 Å². The molecule has 2 unspecified atom stereocenters. The van der Waals surface area contributed by atoms with Crippen molar-refractivity contribution in [1.29, 1.82) is 0 Å². The quantitative estimate of drug-likeness (QED) is 0.901. The van der Waals surface area contributed by atoms with E-state index in [0.717, 1.165) is 25.3 Å². The summed E-state index contributed by atoms with van der Waals surface area (Å²) in [5.41, 5.74) is 1.18. The number of nitrogens with one attached hydrogen (secondary N) is 1. The Morgan fingerprint density at radius 3 is 3.10 bits per heavy atom. The van der Waals surface area contributed by atoms with Crippen molar-refractivity contribution in [3.8, 4) is 5.75 Å². The average molecular weight is 287 g/mol. The predicted molar refractivity (Wildman–Crippen MR) is 74.2 cm³/mol. The molecule has 0 spiro atoms. The molecule has 2 aliphatic heterocycles. The van der Waals surface area contributed by atoms with Crippen LogP contribution in [0.15, 0.2) is 28.8 Å². The van der Waals surface area contributed by atoms with Gasteiger partial charge in [0, 0.05) is 13.1 Å². The molecule has 0 bridgehead atoms. The topological polar surface area (TPSA) is 69.4 Å². The Morgan fingerprint density at radius 1 is 1.24 bits per heavy atom. The van der Waals surface area contributed by atoms with Crippen LogP contribution in [-0.2, 0) is 11.2 Å². The third-order valence-corrected chi connectivity index (χ3v) is 3.90. The normalized spacial score (nSPS) is 25.1. The van der Waals surface area contributed by atoms with E-state index in [1.165, 1.54) is 5.56 Å². The maximum atomic E-state index is 5.77. The number of ether oxygens (including phenoxy) is 2. The average Bonchev–Trinajstić information content (AvgIpc) is 3.05. The number of morpholine rings is 1. The first-order valence-electron chi connectivity index (χ1n) is 7.26. The monoisotopic (exact) mass is 287 g/mol. The molecule has 21 heavy (non-hydrogen) atoms. The molecule has 4 rings (SSSR count). The van der Waals surface area contributed by atoms with E-state index in [9.17, 15) is 0 Å². The smallest absolute Gasteiger partial charge is 0.233 e. The van der Waals surface area contributed by atoms with Gasteiger partial charge in [-0.05, 0) is 18.1 Å². The van der Waals surface area contributed by atoms with Crippen molar-refractivity contribution in [3.05, 3.63) is 41.5 Å². The Bertz CT molecular complexity index is 622. The van der Waals surface area contributed by atoms with Crippen LogP contribution in [0.25, 0.3) is 0 Å². The molecule has 0 radical (unpaired) electrons. The van der Waals surface area contributed by atoms with Crippen LogP contribution in [0.5, 0.6) is 5.75 Å². The van der Waals surface area contributed by atoms with Gasteiger partial charge >= 0.3 is 0 Å². The summed E-state index contributed by atoms with van der Waals surface area (Å²) in [5, 5.41) is 7.33. The third kappa shape index (κ3) is 2.52. The zero-order chi connectivity index (χ0) is 14.1. The molecule has 1 saturated heterocycles. The summed E-state index contributed by atoms with van der Waals surface area (Å²) in [6, 6.07) is 8.07. The molecular formula is C15H17N3O3. The molecule has 110 valence electrons. The molecule has 2 aromatic rings. The second-order valence-corrected chi connectivity index (χ2v) is 5.37. The molecule has 1 fully saturated rings. The SMILES string of the molecule is c1ccc2c(c1)CC(c1nc(C3CNCCO3)no1)CO2. The number of benzene rings is 1. The van der Waals surface area contributed by atoms with E-state index >= 15 is 0 Å². The minimum atomic E-state index is -0.118. The molecule has 1 N–H and O–H groups in total. The highest BCUT2D eigenvalue weighted by Crippen LogP contribution is 2.32. The molecule has 2 atom stereocenters. The largest absolute Gasteiger partial charge is 0.492 e. The molecule has 0 amide bonds. The van der Waals surface area contributed by atoms with Crippen molar-refractivity contribution in [2.45, 2.75) is 18.4 Å². The second-order valence-electron chi connectivity index (χ2n) is 5.37. The maximum absolute atomic E-state index is 5.77. The van der Waals surface area contributed by atoms with Gasteiger partial charge in [-0.15, -0.1) is 0 Å². The first kappa shape index (κ1) is 12.8. The van der Waals surface area contributed by atoms with Crippen LogP contribution in [0, 0.1) is 0 Å². The van der Waals surface area contributed by atoms with Gasteiger partial charge in [0.15, 0.2) is 0 Å². The highest BCUT2D eigenvalue weighted by Gasteiger charge is 2.28. The maximum Gasteiger partial charge on any atom is 0.233 e. The molecule has 3 heterocycles. The lowest BCUT2D eigenvalue weighted by Crippen LogP contribution is -2.33. The molecule has 6 heteroatoms. The lowest BCUT2D eigenvalue weighted by atomic mass is 9.97.